The van der Waals surface area contributed by atoms with E-state index in [0.29, 0.717) is 60.4 Å². The molecule has 2 amide bonds. The molecule has 0 saturated carbocycles. The molecule has 0 aliphatic carbocycles. The third-order valence-corrected chi connectivity index (χ3v) is 7.55. The Labute approximate surface area is 225 Å². The molecular formula is C27H29Cl2N5O3. The number of hydrogen-bond donors (Lipinski definition) is 2. The number of β-amino-alcohol motifs (C(OH)–C–C–N with tert-alkyl or cyclic N) is 1. The number of aliphatic hydroxyl groups excluding tert-OH is 1. The van der Waals surface area contributed by atoms with Gasteiger partial charge in [0.25, 0.3) is 5.91 Å². The number of fused-ring (bicyclic) bond motifs is 2. The summed E-state index contributed by atoms with van der Waals surface area (Å²) in [4.78, 5) is 37.7. The lowest BCUT2D eigenvalue weighted by atomic mass is 9.94. The van der Waals surface area contributed by atoms with Gasteiger partial charge in [-0.15, -0.1) is 0 Å². The van der Waals surface area contributed by atoms with E-state index in [1.54, 1.807) is 18.2 Å². The van der Waals surface area contributed by atoms with E-state index in [4.69, 9.17) is 28.2 Å². The van der Waals surface area contributed by atoms with Crippen molar-refractivity contribution in [3.63, 3.8) is 0 Å². The van der Waals surface area contributed by atoms with E-state index >= 15 is 0 Å². The van der Waals surface area contributed by atoms with Crippen molar-refractivity contribution in [2.75, 3.05) is 57.7 Å². The summed E-state index contributed by atoms with van der Waals surface area (Å²) < 4.78 is 0. The quantitative estimate of drug-likeness (QED) is 0.497. The van der Waals surface area contributed by atoms with E-state index in [2.05, 4.69) is 10.2 Å². The SMILES string of the molecule is O=C(CN1CCc2nc3ccccc3c(C(=O)N3CCN(CCO)CC3)c2C1)Nc1cc(Cl)ccc1Cl. The number of carbonyl (C=O) groups excluding carboxylic acids is 2. The summed E-state index contributed by atoms with van der Waals surface area (Å²) in [6.07, 6.45) is 0.649. The maximum absolute atomic E-state index is 13.9. The zero-order valence-electron chi connectivity index (χ0n) is 20.4. The minimum Gasteiger partial charge on any atom is -0.395 e. The minimum absolute atomic E-state index is 0.00416. The average Bonchev–Trinajstić information content (AvgIpc) is 2.89. The summed E-state index contributed by atoms with van der Waals surface area (Å²) in [7, 11) is 0. The minimum atomic E-state index is -0.200. The fourth-order valence-corrected chi connectivity index (χ4v) is 5.42. The van der Waals surface area contributed by atoms with Gasteiger partial charge in [0.15, 0.2) is 0 Å². The monoisotopic (exact) mass is 541 g/mol. The van der Waals surface area contributed by atoms with Crippen LogP contribution in [0.4, 0.5) is 5.69 Å². The number of pyridine rings is 1. The van der Waals surface area contributed by atoms with Gasteiger partial charge >= 0.3 is 0 Å². The molecular weight excluding hydrogens is 513 g/mol. The van der Waals surface area contributed by atoms with Gasteiger partial charge in [0.2, 0.25) is 5.91 Å². The van der Waals surface area contributed by atoms with E-state index in [1.165, 1.54) is 0 Å². The van der Waals surface area contributed by atoms with Gasteiger partial charge in [-0.2, -0.15) is 0 Å². The molecule has 37 heavy (non-hydrogen) atoms. The highest BCUT2D eigenvalue weighted by Crippen LogP contribution is 2.30. The molecule has 1 saturated heterocycles. The number of halogens is 2. The number of rotatable bonds is 6. The zero-order valence-corrected chi connectivity index (χ0v) is 21.9. The van der Waals surface area contributed by atoms with Crippen LogP contribution in [0.5, 0.6) is 0 Å². The Bertz CT molecular complexity index is 1330. The van der Waals surface area contributed by atoms with E-state index in [-0.39, 0.29) is 25.0 Å². The molecule has 2 aliphatic heterocycles. The molecule has 1 aromatic heterocycles. The number of benzene rings is 2. The molecule has 3 aromatic rings. The van der Waals surface area contributed by atoms with Crippen LogP contribution < -0.4 is 5.32 Å². The van der Waals surface area contributed by atoms with Crippen LogP contribution in [0.25, 0.3) is 10.9 Å². The number of hydrogen-bond acceptors (Lipinski definition) is 6. The van der Waals surface area contributed by atoms with Gasteiger partial charge in [-0.3, -0.25) is 24.4 Å². The van der Waals surface area contributed by atoms with Crippen molar-refractivity contribution in [2.24, 2.45) is 0 Å². The Balaban J connectivity index is 1.38. The Hall–Kier alpha value is -2.75. The molecule has 2 aliphatic rings. The number of carbonyl (C=O) groups is 2. The number of aromatic nitrogens is 1. The summed E-state index contributed by atoms with van der Waals surface area (Å²) in [6.45, 7) is 4.68. The normalized spacial score (nSPS) is 16.6. The fourth-order valence-electron chi connectivity index (χ4n) is 5.09. The average molecular weight is 542 g/mol. The van der Waals surface area contributed by atoms with Crippen LogP contribution in [0.2, 0.25) is 10.0 Å². The summed E-state index contributed by atoms with van der Waals surface area (Å²) in [6, 6.07) is 12.7. The Morgan fingerprint density at radius 3 is 2.57 bits per heavy atom. The number of amides is 2. The van der Waals surface area contributed by atoms with Gasteiger partial charge in [-0.1, -0.05) is 41.4 Å². The third kappa shape index (κ3) is 5.73. The molecule has 194 valence electrons. The molecule has 0 bridgehead atoms. The molecule has 2 N–H and O–H groups in total. The van der Waals surface area contributed by atoms with E-state index in [9.17, 15) is 14.7 Å². The second kappa shape index (κ2) is 11.3. The van der Waals surface area contributed by atoms with Gasteiger partial charge in [-0.25, -0.2) is 0 Å². The third-order valence-electron chi connectivity index (χ3n) is 6.98. The van der Waals surface area contributed by atoms with Crippen molar-refractivity contribution >= 4 is 51.6 Å². The van der Waals surface area contributed by atoms with Crippen LogP contribution >= 0.6 is 23.2 Å². The Morgan fingerprint density at radius 1 is 1.00 bits per heavy atom. The van der Waals surface area contributed by atoms with Gasteiger partial charge in [-0.05, 0) is 24.3 Å². The van der Waals surface area contributed by atoms with Crippen molar-refractivity contribution in [2.45, 2.75) is 13.0 Å². The lowest BCUT2D eigenvalue weighted by molar-refractivity contribution is -0.117. The van der Waals surface area contributed by atoms with Gasteiger partial charge in [0.1, 0.15) is 0 Å². The number of anilines is 1. The predicted molar refractivity (Wildman–Crippen MR) is 145 cm³/mol. The number of para-hydroxylation sites is 1. The summed E-state index contributed by atoms with van der Waals surface area (Å²) in [5.74, 6) is -0.204. The molecule has 0 unspecified atom stereocenters. The van der Waals surface area contributed by atoms with Crippen molar-refractivity contribution in [3.05, 3.63) is 69.3 Å². The maximum Gasteiger partial charge on any atom is 0.255 e. The molecule has 8 nitrogen and oxygen atoms in total. The molecule has 0 radical (unpaired) electrons. The lowest BCUT2D eigenvalue weighted by Crippen LogP contribution is -2.49. The van der Waals surface area contributed by atoms with Crippen LogP contribution in [0.3, 0.4) is 0 Å². The number of nitrogens with zero attached hydrogens (tertiary/aromatic N) is 4. The van der Waals surface area contributed by atoms with Gasteiger partial charge in [0.05, 0.1) is 34.9 Å². The van der Waals surface area contributed by atoms with E-state index in [1.807, 2.05) is 34.1 Å². The lowest BCUT2D eigenvalue weighted by Gasteiger charge is -2.36. The maximum atomic E-state index is 13.9. The van der Waals surface area contributed by atoms with Crippen LogP contribution in [-0.4, -0.2) is 89.0 Å². The largest absolute Gasteiger partial charge is 0.395 e. The molecule has 0 spiro atoms. The summed E-state index contributed by atoms with van der Waals surface area (Å²) in [5, 5.41) is 13.8. The zero-order chi connectivity index (χ0) is 25.9. The highest BCUT2D eigenvalue weighted by Gasteiger charge is 2.30. The van der Waals surface area contributed by atoms with Gasteiger partial charge in [0, 0.05) is 73.9 Å². The molecule has 2 aromatic carbocycles. The topological polar surface area (TPSA) is 89.0 Å². The predicted octanol–water partition coefficient (Wildman–Crippen LogP) is 3.29. The first-order valence-corrected chi connectivity index (χ1v) is 13.2. The van der Waals surface area contributed by atoms with Crippen LogP contribution in [-0.2, 0) is 17.8 Å². The van der Waals surface area contributed by atoms with Crippen LogP contribution in [0.15, 0.2) is 42.5 Å². The van der Waals surface area contributed by atoms with Gasteiger partial charge < -0.3 is 15.3 Å². The number of aliphatic hydroxyl groups is 1. The molecule has 5 rings (SSSR count). The Morgan fingerprint density at radius 2 is 1.78 bits per heavy atom. The first kappa shape index (κ1) is 25.9. The van der Waals surface area contributed by atoms with Crippen molar-refractivity contribution in [1.29, 1.82) is 0 Å². The fraction of sp³-hybridized carbons (Fsp3) is 0.370. The highest BCUT2D eigenvalue weighted by molar-refractivity contribution is 6.35. The first-order chi connectivity index (χ1) is 17.9. The first-order valence-electron chi connectivity index (χ1n) is 12.4. The summed E-state index contributed by atoms with van der Waals surface area (Å²) >= 11 is 12.3. The smallest absolute Gasteiger partial charge is 0.255 e. The molecule has 3 heterocycles. The number of nitrogens with one attached hydrogen (secondary N) is 1. The standard InChI is InChI=1S/C27H29Cl2N5O3/c28-18-5-6-21(29)24(15-18)31-25(36)17-33-8-7-23-20(16-33)26(19-3-1-2-4-22(19)30-23)27(37)34-11-9-32(10-12-34)13-14-35/h1-6,15,35H,7-14,16-17H2,(H,31,36). The Kier molecular flexibility index (Phi) is 7.92. The molecule has 10 heteroatoms. The highest BCUT2D eigenvalue weighted by atomic mass is 35.5. The second-order valence-corrected chi connectivity index (χ2v) is 10.3. The van der Waals surface area contributed by atoms with E-state index in [0.717, 1.165) is 35.2 Å². The summed E-state index contributed by atoms with van der Waals surface area (Å²) in [5.41, 5.74) is 3.77. The number of piperazine rings is 1. The van der Waals surface area contributed by atoms with Crippen molar-refractivity contribution in [1.82, 2.24) is 19.7 Å². The molecule has 0 atom stereocenters. The van der Waals surface area contributed by atoms with Crippen molar-refractivity contribution < 1.29 is 14.7 Å². The van der Waals surface area contributed by atoms with Crippen LogP contribution in [0.1, 0.15) is 21.6 Å². The molecule has 1 fully saturated rings. The van der Waals surface area contributed by atoms with Crippen molar-refractivity contribution in [3.8, 4) is 0 Å². The second-order valence-electron chi connectivity index (χ2n) is 9.42. The van der Waals surface area contributed by atoms with E-state index < -0.39 is 0 Å². The van der Waals surface area contributed by atoms with Crippen LogP contribution in [0, 0.1) is 0 Å².